The summed E-state index contributed by atoms with van der Waals surface area (Å²) < 4.78 is 14.1. The van der Waals surface area contributed by atoms with Crippen molar-refractivity contribution in [3.63, 3.8) is 0 Å². The molecule has 0 amide bonds. The lowest BCUT2D eigenvalue weighted by molar-refractivity contribution is 0.669. The summed E-state index contributed by atoms with van der Waals surface area (Å²) in [5, 5.41) is 14.2. The molecule has 6 heteroatoms. The number of hydrogen-bond donors (Lipinski definition) is 0. The molecule has 0 bridgehead atoms. The molecule has 1 unspecified atom stereocenters. The van der Waals surface area contributed by atoms with Gasteiger partial charge in [0, 0.05) is 80.8 Å². The Morgan fingerprint density at radius 3 is 2.03 bits per heavy atom. The van der Waals surface area contributed by atoms with Crippen LogP contribution in [-0.4, -0.2) is 20.7 Å². The van der Waals surface area contributed by atoms with Gasteiger partial charge in [-0.3, -0.25) is 0 Å². The lowest BCUT2D eigenvalue weighted by Gasteiger charge is -2.22. The molecule has 0 fully saturated rings. The zero-order chi connectivity index (χ0) is 49.3. The van der Waals surface area contributed by atoms with Crippen molar-refractivity contribution < 1.29 is 4.42 Å². The van der Waals surface area contributed by atoms with Gasteiger partial charge in [0.2, 0.25) is 0 Å². The third-order valence-corrected chi connectivity index (χ3v) is 17.0. The molecule has 5 heterocycles. The number of nitrogens with zero attached hydrogens (tertiary/aromatic N) is 4. The fraction of sp³-hybridized carbons (Fsp3) is 0.0435. The third-order valence-electron chi connectivity index (χ3n) is 15.8. The molecule has 5 nitrogen and oxygen atoms in total. The Balaban J connectivity index is 1.03. The second-order valence-electron chi connectivity index (χ2n) is 20.0. The average molecular weight is 977 g/mol. The van der Waals surface area contributed by atoms with Crippen LogP contribution in [0.1, 0.15) is 30.0 Å². The SMILES string of the molecule is CC1C/C=C(\c2c(-n3c4cc5ccccc5cc4c4c5ccccc5ccc43)ccc3oc4ccccc4c23)N=C(c2cccc3c2sc2ccccc23)N=C1c1cccc2c3ccccc3n(-c3ccccc3)c12. The van der Waals surface area contributed by atoms with Crippen molar-refractivity contribution in [2.24, 2.45) is 15.9 Å². The summed E-state index contributed by atoms with van der Waals surface area (Å²) in [5.41, 5.74) is 13.3. The summed E-state index contributed by atoms with van der Waals surface area (Å²) in [4.78, 5) is 12.0. The molecule has 1 aliphatic heterocycles. The lowest BCUT2D eigenvalue weighted by Crippen LogP contribution is -2.18. The van der Waals surface area contributed by atoms with Crippen LogP contribution in [0.3, 0.4) is 0 Å². The number of rotatable bonds is 5. The summed E-state index contributed by atoms with van der Waals surface area (Å²) in [6, 6.07) is 81.3. The van der Waals surface area contributed by atoms with Crippen LogP contribution in [0.4, 0.5) is 0 Å². The van der Waals surface area contributed by atoms with Gasteiger partial charge >= 0.3 is 0 Å². The maximum Gasteiger partial charge on any atom is 0.161 e. The van der Waals surface area contributed by atoms with Crippen LogP contribution >= 0.6 is 11.3 Å². The van der Waals surface area contributed by atoms with Crippen molar-refractivity contribution in [1.29, 1.82) is 0 Å². The minimum absolute atomic E-state index is 0.0188. The molecule has 0 N–H and O–H groups in total. The van der Waals surface area contributed by atoms with Gasteiger partial charge in [0.05, 0.1) is 39.2 Å². The molecule has 0 radical (unpaired) electrons. The van der Waals surface area contributed by atoms with Gasteiger partial charge in [0.1, 0.15) is 11.2 Å². The minimum Gasteiger partial charge on any atom is -0.456 e. The molecule has 16 rings (SSSR count). The van der Waals surface area contributed by atoms with Gasteiger partial charge in [-0.1, -0.05) is 171 Å². The summed E-state index contributed by atoms with van der Waals surface area (Å²) in [5.74, 6) is 0.656. The molecular formula is C69H44N4OS. The largest absolute Gasteiger partial charge is 0.456 e. The fourth-order valence-corrected chi connectivity index (χ4v) is 13.6. The monoisotopic (exact) mass is 976 g/mol. The molecule has 75 heavy (non-hydrogen) atoms. The van der Waals surface area contributed by atoms with E-state index >= 15 is 0 Å². The van der Waals surface area contributed by atoms with E-state index in [1.54, 1.807) is 0 Å². The topological polar surface area (TPSA) is 47.7 Å². The van der Waals surface area contributed by atoms with Gasteiger partial charge in [-0.05, 0) is 94.7 Å². The standard InChI is InChI=1S/C69H44N4OS/c1-41-33-35-55(65-58(37-38-61-64(65)51-25-10-13-31-60(51)74-61)73-57-36-34-42-17-7-8-22-46(42)63(57)54-39-43-18-5-6-19-44(43)40-59(54)73)70-69(53-29-16-27-50-48-24-11-14-32-62(48)75-68(50)53)71-66(41)52-28-15-26-49-47-23-9-12-30-56(47)72(67(49)52)45-20-3-2-4-21-45/h2-32,34-41H,33H2,1H3/b55-35+,70-69?,71-66?. The number of furan rings is 1. The lowest BCUT2D eigenvalue weighted by atomic mass is 9.91. The van der Waals surface area contributed by atoms with E-state index < -0.39 is 0 Å². The molecule has 0 saturated heterocycles. The maximum atomic E-state index is 6.80. The smallest absolute Gasteiger partial charge is 0.161 e. The number of aliphatic imine (C=N–C) groups is 2. The number of fused-ring (bicyclic) bond motifs is 15. The molecule has 1 atom stereocenters. The van der Waals surface area contributed by atoms with Gasteiger partial charge in [-0.25, -0.2) is 9.98 Å². The van der Waals surface area contributed by atoms with Crippen LogP contribution in [0.25, 0.3) is 124 Å². The first-order valence-electron chi connectivity index (χ1n) is 25.8. The van der Waals surface area contributed by atoms with Gasteiger partial charge in [-0.2, -0.15) is 0 Å². The van der Waals surface area contributed by atoms with Crippen LogP contribution in [0, 0.1) is 5.92 Å². The third kappa shape index (κ3) is 6.30. The first-order valence-corrected chi connectivity index (χ1v) is 26.6. The predicted octanol–water partition coefficient (Wildman–Crippen LogP) is 18.8. The van der Waals surface area contributed by atoms with E-state index in [9.17, 15) is 0 Å². The van der Waals surface area contributed by atoms with E-state index in [-0.39, 0.29) is 5.92 Å². The van der Waals surface area contributed by atoms with E-state index in [1.807, 2.05) is 11.3 Å². The highest BCUT2D eigenvalue weighted by atomic mass is 32.1. The highest BCUT2D eigenvalue weighted by molar-refractivity contribution is 7.26. The van der Waals surface area contributed by atoms with Gasteiger partial charge < -0.3 is 13.6 Å². The van der Waals surface area contributed by atoms with Crippen molar-refractivity contribution in [2.45, 2.75) is 13.3 Å². The second-order valence-corrected chi connectivity index (χ2v) is 21.0. The van der Waals surface area contributed by atoms with E-state index in [0.29, 0.717) is 12.3 Å². The number of thiophene rings is 1. The molecular weight excluding hydrogens is 933 g/mol. The summed E-state index contributed by atoms with van der Waals surface area (Å²) in [6.07, 6.45) is 3.07. The summed E-state index contributed by atoms with van der Waals surface area (Å²) >= 11 is 1.81. The number of amidine groups is 1. The average Bonchev–Trinajstić information content (AvgIpc) is 4.30. The van der Waals surface area contributed by atoms with Crippen LogP contribution < -0.4 is 0 Å². The second kappa shape index (κ2) is 16.3. The van der Waals surface area contributed by atoms with Crippen molar-refractivity contribution in [3.8, 4) is 11.4 Å². The Labute approximate surface area is 434 Å². The van der Waals surface area contributed by atoms with Crippen molar-refractivity contribution >= 4 is 136 Å². The normalized spacial score (nSPS) is 15.2. The molecule has 4 aromatic heterocycles. The summed E-state index contributed by atoms with van der Waals surface area (Å²) in [6.45, 7) is 2.34. The van der Waals surface area contributed by atoms with Crippen LogP contribution in [-0.2, 0) is 0 Å². The summed E-state index contributed by atoms with van der Waals surface area (Å²) in [7, 11) is 0. The van der Waals surface area contributed by atoms with Gasteiger partial charge in [0.15, 0.2) is 5.84 Å². The van der Waals surface area contributed by atoms with Crippen molar-refractivity contribution in [1.82, 2.24) is 9.13 Å². The molecule has 0 spiro atoms. The zero-order valence-electron chi connectivity index (χ0n) is 40.8. The minimum atomic E-state index is -0.0188. The van der Waals surface area contributed by atoms with E-state index in [4.69, 9.17) is 14.4 Å². The van der Waals surface area contributed by atoms with Gasteiger partial charge in [0.25, 0.3) is 0 Å². The highest BCUT2D eigenvalue weighted by Gasteiger charge is 2.28. The van der Waals surface area contributed by atoms with Crippen LogP contribution in [0.5, 0.6) is 0 Å². The van der Waals surface area contributed by atoms with E-state index in [0.717, 1.165) is 88.2 Å². The molecule has 1 aliphatic rings. The van der Waals surface area contributed by atoms with Crippen LogP contribution in [0.15, 0.2) is 245 Å². The Morgan fingerprint density at radius 2 is 1.16 bits per heavy atom. The molecule has 0 saturated carbocycles. The number of aromatic nitrogens is 2. The number of hydrogen-bond acceptors (Lipinski definition) is 4. The molecule has 0 aliphatic carbocycles. The Bertz CT molecular complexity index is 5000. The Hall–Kier alpha value is -9.36. The Morgan fingerprint density at radius 1 is 0.467 bits per heavy atom. The highest BCUT2D eigenvalue weighted by Crippen LogP contribution is 2.46. The maximum absolute atomic E-state index is 6.80. The number of allylic oxidation sites excluding steroid dienone is 1. The Kier molecular flexibility index (Phi) is 9.18. The predicted molar refractivity (Wildman–Crippen MR) is 318 cm³/mol. The number of benzene rings is 11. The van der Waals surface area contributed by atoms with E-state index in [1.165, 1.54) is 58.6 Å². The first kappa shape index (κ1) is 42.2. The van der Waals surface area contributed by atoms with Crippen molar-refractivity contribution in [2.75, 3.05) is 0 Å². The van der Waals surface area contributed by atoms with Gasteiger partial charge in [-0.15, -0.1) is 11.3 Å². The fourth-order valence-electron chi connectivity index (χ4n) is 12.4. The van der Waals surface area contributed by atoms with Crippen molar-refractivity contribution in [3.05, 3.63) is 247 Å². The van der Waals surface area contributed by atoms with E-state index in [2.05, 4.69) is 247 Å². The number of para-hydroxylation sites is 4. The quantitative estimate of drug-likeness (QED) is 0.169. The molecule has 11 aromatic carbocycles. The first-order chi connectivity index (χ1) is 37.1. The molecule has 352 valence electrons. The zero-order valence-corrected chi connectivity index (χ0v) is 41.6. The van der Waals surface area contributed by atoms with Crippen LogP contribution in [0.2, 0.25) is 0 Å². The molecule has 15 aromatic rings.